The van der Waals surface area contributed by atoms with Crippen LogP contribution in [0.4, 0.5) is 5.69 Å². The number of para-hydroxylation sites is 2. The van der Waals surface area contributed by atoms with Crippen LogP contribution < -0.4 is 25.4 Å². The monoisotopic (exact) mass is 383 g/mol. The van der Waals surface area contributed by atoms with Gasteiger partial charge in [0.15, 0.2) is 16.6 Å². The zero-order valence-electron chi connectivity index (χ0n) is 15.3. The molecule has 3 N–H and O–H groups in total. The Morgan fingerprint density at radius 3 is 2.48 bits per heavy atom. The molecule has 0 fully saturated rings. The van der Waals surface area contributed by atoms with Crippen molar-refractivity contribution in [2.45, 2.75) is 13.0 Å². The predicted molar refractivity (Wildman–Crippen MR) is 109 cm³/mol. The number of hydrogen-bond donors (Lipinski definition) is 3. The van der Waals surface area contributed by atoms with Crippen molar-refractivity contribution >= 4 is 28.9 Å². The Bertz CT molecular complexity index is 897. The largest absolute Gasteiger partial charge is 0.493 e. The van der Waals surface area contributed by atoms with Crippen LogP contribution in [0.1, 0.15) is 18.5 Å². The van der Waals surface area contributed by atoms with Crippen LogP contribution in [-0.2, 0) is 4.79 Å². The molecule has 1 heterocycles. The van der Waals surface area contributed by atoms with Gasteiger partial charge in [-0.2, -0.15) is 0 Å². The van der Waals surface area contributed by atoms with Crippen molar-refractivity contribution in [1.82, 2.24) is 10.6 Å². The van der Waals surface area contributed by atoms with Gasteiger partial charge in [0.1, 0.15) is 0 Å². The summed E-state index contributed by atoms with van der Waals surface area (Å²) in [5.74, 6) is 0.915. The molecule has 0 saturated carbocycles. The third-order valence-electron chi connectivity index (χ3n) is 4.29. The van der Waals surface area contributed by atoms with Crippen molar-refractivity contribution in [3.05, 3.63) is 65.4 Å². The first kappa shape index (κ1) is 18.7. The average Bonchev–Trinajstić information content (AvgIpc) is 2.67. The second-order valence-electron chi connectivity index (χ2n) is 5.97. The number of ether oxygens (including phenoxy) is 2. The van der Waals surface area contributed by atoms with Crippen molar-refractivity contribution in [2.75, 3.05) is 19.5 Å². The minimum Gasteiger partial charge on any atom is -0.493 e. The van der Waals surface area contributed by atoms with Gasteiger partial charge in [-0.05, 0) is 37.3 Å². The number of benzene rings is 2. The Hall–Kier alpha value is -3.06. The number of rotatable bonds is 5. The highest BCUT2D eigenvalue weighted by molar-refractivity contribution is 7.80. The fraction of sp³-hybridized carbons (Fsp3) is 0.200. The van der Waals surface area contributed by atoms with E-state index in [9.17, 15) is 4.79 Å². The molecule has 1 aliphatic heterocycles. The number of allylic oxidation sites excluding steroid dienone is 1. The number of amides is 1. The lowest BCUT2D eigenvalue weighted by molar-refractivity contribution is -0.113. The first-order chi connectivity index (χ1) is 13.0. The van der Waals surface area contributed by atoms with Crippen molar-refractivity contribution in [2.24, 2.45) is 0 Å². The minimum atomic E-state index is -0.479. The maximum atomic E-state index is 13.1. The van der Waals surface area contributed by atoms with E-state index in [4.69, 9.17) is 21.7 Å². The molecular weight excluding hydrogens is 362 g/mol. The normalized spacial score (nSPS) is 16.3. The Morgan fingerprint density at radius 1 is 1.07 bits per heavy atom. The van der Waals surface area contributed by atoms with E-state index in [1.54, 1.807) is 14.2 Å². The van der Waals surface area contributed by atoms with E-state index in [0.717, 1.165) is 5.56 Å². The summed E-state index contributed by atoms with van der Waals surface area (Å²) in [6, 6.07) is 14.4. The first-order valence-electron chi connectivity index (χ1n) is 8.40. The van der Waals surface area contributed by atoms with Crippen molar-refractivity contribution in [1.29, 1.82) is 0 Å². The third kappa shape index (κ3) is 3.88. The molecule has 0 radical (unpaired) electrons. The van der Waals surface area contributed by atoms with Gasteiger partial charge in [-0.25, -0.2) is 0 Å². The second-order valence-corrected chi connectivity index (χ2v) is 6.38. The summed E-state index contributed by atoms with van der Waals surface area (Å²) in [5, 5.41) is 9.57. The Kier molecular flexibility index (Phi) is 5.61. The van der Waals surface area contributed by atoms with E-state index in [0.29, 0.717) is 33.6 Å². The van der Waals surface area contributed by atoms with Crippen molar-refractivity contribution < 1.29 is 14.3 Å². The highest BCUT2D eigenvalue weighted by Crippen LogP contribution is 2.39. The summed E-state index contributed by atoms with van der Waals surface area (Å²) < 4.78 is 10.9. The number of nitrogens with one attached hydrogen (secondary N) is 3. The van der Waals surface area contributed by atoms with Crippen LogP contribution in [0, 0.1) is 0 Å². The lowest BCUT2D eigenvalue weighted by Crippen LogP contribution is -2.45. The molecule has 0 aromatic heterocycles. The van der Waals surface area contributed by atoms with Gasteiger partial charge in [0.05, 0.1) is 25.8 Å². The molecule has 0 bridgehead atoms. The molecule has 1 amide bonds. The molecule has 7 heteroatoms. The molecule has 140 valence electrons. The van der Waals surface area contributed by atoms with Crippen LogP contribution in [0.2, 0.25) is 0 Å². The third-order valence-corrected chi connectivity index (χ3v) is 4.51. The summed E-state index contributed by atoms with van der Waals surface area (Å²) in [7, 11) is 3.15. The summed E-state index contributed by atoms with van der Waals surface area (Å²) in [4.78, 5) is 13.1. The maximum Gasteiger partial charge on any atom is 0.255 e. The van der Waals surface area contributed by atoms with Crippen LogP contribution in [0.25, 0.3) is 0 Å². The Balaban J connectivity index is 2.04. The Morgan fingerprint density at radius 2 is 1.81 bits per heavy atom. The molecule has 0 aliphatic carbocycles. The Labute approximate surface area is 163 Å². The van der Waals surface area contributed by atoms with Crippen LogP contribution in [-0.4, -0.2) is 25.2 Å². The number of carbonyl (C=O) groups excluding carboxylic acids is 1. The highest BCUT2D eigenvalue weighted by atomic mass is 32.1. The fourth-order valence-electron chi connectivity index (χ4n) is 3.09. The predicted octanol–water partition coefficient (Wildman–Crippen LogP) is 3.14. The van der Waals surface area contributed by atoms with Gasteiger partial charge in [0.2, 0.25) is 0 Å². The number of methoxy groups -OCH3 is 2. The average molecular weight is 383 g/mol. The van der Waals surface area contributed by atoms with Gasteiger partial charge in [0, 0.05) is 16.9 Å². The molecule has 27 heavy (non-hydrogen) atoms. The van der Waals surface area contributed by atoms with E-state index in [-0.39, 0.29) is 5.91 Å². The standard InChI is InChI=1S/C20H21N3O3S/c1-12-16(19(24)22-13-8-5-4-6-9-13)17(23-20(27)21-12)14-10-7-11-15(25-2)18(14)26-3/h4-11,17H,1-3H3,(H,22,24)(H2,21,23,27)/t17-/m1/s1. The molecule has 0 unspecified atom stereocenters. The maximum absolute atomic E-state index is 13.1. The zero-order valence-corrected chi connectivity index (χ0v) is 16.1. The molecule has 0 spiro atoms. The highest BCUT2D eigenvalue weighted by Gasteiger charge is 2.32. The summed E-state index contributed by atoms with van der Waals surface area (Å²) >= 11 is 5.31. The topological polar surface area (TPSA) is 71.6 Å². The lowest BCUT2D eigenvalue weighted by Gasteiger charge is -2.31. The molecule has 0 saturated heterocycles. The molecule has 6 nitrogen and oxygen atoms in total. The van der Waals surface area contributed by atoms with Gasteiger partial charge in [-0.3, -0.25) is 4.79 Å². The number of thiocarbonyl (C=S) groups is 1. The van der Waals surface area contributed by atoms with Gasteiger partial charge >= 0.3 is 0 Å². The van der Waals surface area contributed by atoms with E-state index < -0.39 is 6.04 Å². The molecule has 1 aliphatic rings. The number of anilines is 1. The molecule has 2 aromatic rings. The van der Waals surface area contributed by atoms with Gasteiger partial charge in [-0.1, -0.05) is 30.3 Å². The number of carbonyl (C=O) groups is 1. The quantitative estimate of drug-likeness (QED) is 0.689. The first-order valence-corrected chi connectivity index (χ1v) is 8.81. The zero-order chi connectivity index (χ0) is 19.4. The van der Waals surface area contributed by atoms with Crippen LogP contribution in [0.3, 0.4) is 0 Å². The minimum absolute atomic E-state index is 0.226. The summed E-state index contributed by atoms with van der Waals surface area (Å²) in [6.45, 7) is 1.83. The van der Waals surface area contributed by atoms with E-state index in [1.807, 2.05) is 55.5 Å². The van der Waals surface area contributed by atoms with E-state index in [1.165, 1.54) is 0 Å². The van der Waals surface area contributed by atoms with Crippen LogP contribution in [0.15, 0.2) is 59.8 Å². The molecule has 3 rings (SSSR count). The van der Waals surface area contributed by atoms with E-state index in [2.05, 4.69) is 16.0 Å². The smallest absolute Gasteiger partial charge is 0.255 e. The molecular formula is C20H21N3O3S. The van der Waals surface area contributed by atoms with E-state index >= 15 is 0 Å². The van der Waals surface area contributed by atoms with Gasteiger partial charge < -0.3 is 25.4 Å². The second kappa shape index (κ2) is 8.09. The summed E-state index contributed by atoms with van der Waals surface area (Å²) in [5.41, 5.74) is 2.69. The van der Waals surface area contributed by atoms with Crippen molar-refractivity contribution in [3.63, 3.8) is 0 Å². The fourth-order valence-corrected chi connectivity index (χ4v) is 3.36. The molecule has 2 aromatic carbocycles. The lowest BCUT2D eigenvalue weighted by atomic mass is 9.94. The van der Waals surface area contributed by atoms with Crippen LogP contribution >= 0.6 is 12.2 Å². The van der Waals surface area contributed by atoms with Crippen LogP contribution in [0.5, 0.6) is 11.5 Å². The van der Waals surface area contributed by atoms with Gasteiger partial charge in [0.25, 0.3) is 5.91 Å². The molecule has 1 atom stereocenters. The van der Waals surface area contributed by atoms with Gasteiger partial charge in [-0.15, -0.1) is 0 Å². The SMILES string of the molecule is COc1cccc([C@H]2NC(=S)NC(C)=C2C(=O)Nc2ccccc2)c1OC. The summed E-state index contributed by atoms with van der Waals surface area (Å²) in [6.07, 6.45) is 0. The van der Waals surface area contributed by atoms with Crippen molar-refractivity contribution in [3.8, 4) is 11.5 Å². The number of hydrogen-bond acceptors (Lipinski definition) is 4.